The standard InChI is InChI=1S/C46H44F5N9O8/c1-25(46(49,50)51)58(21-26-8-11-29(47)12-9-26)38(63)24-59-43(67)45(56-44(59)68)19-33(48)31-18-27(10-13-32(31)45)28-20-54-57(22-28)23-37(62)53-17-4-2-3-16-52-34-7-5-6-30-39(34)42(66)60(41(30)65)35-14-15-36(61)55-40(35)64/h5-13,18,20,22,25,33,35,52H,2-4,14-17,19,21,23-24H2,1H3,(H,53,62)(H,56,68)(H,55,61,64)/t25-,33+,35?,45-/m0/s1. The number of hydrogen-bond donors (Lipinski definition) is 4. The van der Waals surface area contributed by atoms with E-state index in [0.717, 1.165) is 24.0 Å². The van der Waals surface area contributed by atoms with Crippen LogP contribution in [0.3, 0.4) is 0 Å². The first-order valence-electron chi connectivity index (χ1n) is 21.8. The topological polar surface area (TPSA) is 212 Å². The molecule has 3 aliphatic heterocycles. The van der Waals surface area contributed by atoms with Crippen molar-refractivity contribution in [3.05, 3.63) is 107 Å². The maximum atomic E-state index is 15.8. The highest BCUT2D eigenvalue weighted by Gasteiger charge is 2.59. The first kappa shape index (κ1) is 47.0. The minimum atomic E-state index is -4.87. The van der Waals surface area contributed by atoms with E-state index in [2.05, 4.69) is 26.4 Å². The number of hydrogen-bond acceptors (Lipinski definition) is 10. The molecule has 17 nitrogen and oxygen atoms in total. The fraction of sp³-hybridized carbons (Fsp3) is 0.370. The molecule has 2 fully saturated rings. The van der Waals surface area contributed by atoms with Crippen LogP contribution in [0.2, 0.25) is 0 Å². The number of aromatic nitrogens is 2. The number of urea groups is 1. The summed E-state index contributed by atoms with van der Waals surface area (Å²) < 4.78 is 72.3. The lowest BCUT2D eigenvalue weighted by atomic mass is 9.90. The van der Waals surface area contributed by atoms with Gasteiger partial charge in [-0.05, 0) is 85.2 Å². The molecule has 68 heavy (non-hydrogen) atoms. The van der Waals surface area contributed by atoms with Gasteiger partial charge in [0, 0.05) is 49.9 Å². The number of unbranched alkanes of at least 4 members (excludes halogenated alkanes) is 2. The second kappa shape index (κ2) is 18.6. The van der Waals surface area contributed by atoms with Crippen LogP contribution >= 0.6 is 0 Å². The fourth-order valence-corrected chi connectivity index (χ4v) is 8.94. The number of carbonyl (C=O) groups is 8. The minimum absolute atomic E-state index is 0.0155. The Bertz CT molecular complexity index is 2730. The number of nitrogens with one attached hydrogen (secondary N) is 4. The molecule has 3 aromatic carbocycles. The van der Waals surface area contributed by atoms with Gasteiger partial charge in [-0.1, -0.05) is 30.3 Å². The predicted molar refractivity (Wildman–Crippen MR) is 229 cm³/mol. The summed E-state index contributed by atoms with van der Waals surface area (Å²) in [5.41, 5.74) is 0.209. The largest absolute Gasteiger partial charge is 0.408 e. The van der Waals surface area contributed by atoms with E-state index >= 15 is 4.39 Å². The summed E-state index contributed by atoms with van der Waals surface area (Å²) in [5.74, 6) is -5.54. The molecular formula is C46H44F5N9O8. The van der Waals surface area contributed by atoms with Crippen molar-refractivity contribution in [2.24, 2.45) is 0 Å². The normalized spacial score (nSPS) is 20.4. The molecule has 1 aliphatic carbocycles. The van der Waals surface area contributed by atoms with Crippen molar-refractivity contribution in [2.75, 3.05) is 25.0 Å². The van der Waals surface area contributed by atoms with Crippen LogP contribution in [-0.4, -0.2) is 110 Å². The molecule has 2 saturated heterocycles. The zero-order valence-electron chi connectivity index (χ0n) is 36.3. The maximum Gasteiger partial charge on any atom is 0.408 e. The molecule has 4 aromatic rings. The molecule has 1 unspecified atom stereocenters. The zero-order chi connectivity index (χ0) is 48.7. The van der Waals surface area contributed by atoms with Crippen molar-refractivity contribution in [1.29, 1.82) is 0 Å². The molecular weight excluding hydrogens is 902 g/mol. The van der Waals surface area contributed by atoms with Gasteiger partial charge >= 0.3 is 12.2 Å². The maximum absolute atomic E-state index is 15.8. The first-order valence-corrected chi connectivity index (χ1v) is 21.8. The monoisotopic (exact) mass is 945 g/mol. The Morgan fingerprint density at radius 2 is 1.69 bits per heavy atom. The average Bonchev–Trinajstić information content (AvgIpc) is 4.01. The van der Waals surface area contributed by atoms with E-state index in [1.54, 1.807) is 24.4 Å². The molecule has 1 spiro atoms. The molecule has 356 valence electrons. The van der Waals surface area contributed by atoms with Crippen molar-refractivity contribution in [1.82, 2.24) is 40.4 Å². The van der Waals surface area contributed by atoms with Crippen molar-refractivity contribution in [2.45, 2.75) is 88.5 Å². The smallest absolute Gasteiger partial charge is 0.384 e. The molecule has 4 atom stereocenters. The van der Waals surface area contributed by atoms with E-state index in [1.165, 1.54) is 41.2 Å². The third kappa shape index (κ3) is 9.13. The number of rotatable bonds is 16. The predicted octanol–water partition coefficient (Wildman–Crippen LogP) is 4.63. The Hall–Kier alpha value is -7.52. The van der Waals surface area contributed by atoms with Crippen LogP contribution in [0.15, 0.2) is 73.1 Å². The van der Waals surface area contributed by atoms with E-state index in [9.17, 15) is 55.9 Å². The molecule has 0 bridgehead atoms. The number of piperidine rings is 1. The molecule has 9 amide bonds. The molecule has 4 aliphatic rings. The number of benzene rings is 3. The highest BCUT2D eigenvalue weighted by molar-refractivity contribution is 6.25. The third-order valence-corrected chi connectivity index (χ3v) is 12.6. The number of carbonyl (C=O) groups excluding carboxylic acids is 8. The third-order valence-electron chi connectivity index (χ3n) is 12.6. The lowest BCUT2D eigenvalue weighted by Gasteiger charge is -2.32. The Labute approximate surface area is 384 Å². The fourth-order valence-electron chi connectivity index (χ4n) is 8.94. The Morgan fingerprint density at radius 3 is 2.43 bits per heavy atom. The highest BCUT2D eigenvalue weighted by atomic mass is 19.4. The van der Waals surface area contributed by atoms with Crippen molar-refractivity contribution in [3.63, 3.8) is 0 Å². The summed E-state index contributed by atoms with van der Waals surface area (Å²) in [6.45, 7) is -0.246. The molecule has 0 radical (unpaired) electrons. The van der Waals surface area contributed by atoms with Crippen LogP contribution in [0.1, 0.15) is 89.0 Å². The molecule has 22 heteroatoms. The molecule has 0 saturated carbocycles. The second-order valence-corrected chi connectivity index (χ2v) is 17.0. The van der Waals surface area contributed by atoms with Gasteiger partial charge < -0.3 is 20.9 Å². The van der Waals surface area contributed by atoms with Gasteiger partial charge in [0.15, 0.2) is 0 Å². The van der Waals surface area contributed by atoms with Gasteiger partial charge in [-0.15, -0.1) is 0 Å². The van der Waals surface area contributed by atoms with Gasteiger partial charge in [-0.2, -0.15) is 18.3 Å². The number of amides is 9. The summed E-state index contributed by atoms with van der Waals surface area (Å²) >= 11 is 0. The average molecular weight is 946 g/mol. The van der Waals surface area contributed by atoms with Crippen LogP contribution in [0.5, 0.6) is 0 Å². The highest BCUT2D eigenvalue weighted by Crippen LogP contribution is 2.49. The molecule has 8 rings (SSSR count). The summed E-state index contributed by atoms with van der Waals surface area (Å²) in [6.07, 6.45) is -2.08. The van der Waals surface area contributed by atoms with Crippen LogP contribution in [0.25, 0.3) is 11.1 Å². The number of anilines is 1. The van der Waals surface area contributed by atoms with Gasteiger partial charge in [0.1, 0.15) is 42.7 Å². The lowest BCUT2D eigenvalue weighted by molar-refractivity contribution is -0.187. The van der Waals surface area contributed by atoms with E-state index in [1.807, 2.05) is 0 Å². The van der Waals surface area contributed by atoms with Gasteiger partial charge in [-0.3, -0.25) is 53.4 Å². The number of fused-ring (bicyclic) bond motifs is 3. The van der Waals surface area contributed by atoms with Crippen LogP contribution in [-0.2, 0) is 42.6 Å². The Balaban J connectivity index is 0.817. The molecule has 1 aromatic heterocycles. The number of halogens is 5. The SMILES string of the molecule is C[C@H](N(Cc1ccc(F)cc1)C(=O)CN1C(=O)N[C@]2(C[C@@H](F)c3cc(-c4cnn(CC(=O)NCCCCCNc5cccc6c5C(=O)N(C5CCC(=O)NC5=O)C6=O)c4)ccc32)C1=O)C(F)(F)F. The van der Waals surface area contributed by atoms with Crippen LogP contribution in [0, 0.1) is 5.82 Å². The first-order chi connectivity index (χ1) is 32.4. The van der Waals surface area contributed by atoms with Gasteiger partial charge in [0.05, 0.1) is 17.3 Å². The van der Waals surface area contributed by atoms with E-state index < -0.39 is 96.8 Å². The zero-order valence-corrected chi connectivity index (χ0v) is 36.3. The van der Waals surface area contributed by atoms with E-state index in [-0.39, 0.29) is 53.1 Å². The van der Waals surface area contributed by atoms with E-state index in [0.29, 0.717) is 59.0 Å². The summed E-state index contributed by atoms with van der Waals surface area (Å²) in [7, 11) is 0. The van der Waals surface area contributed by atoms with E-state index in [4.69, 9.17) is 0 Å². The van der Waals surface area contributed by atoms with Crippen LogP contribution < -0.4 is 21.3 Å². The van der Waals surface area contributed by atoms with Gasteiger partial charge in [0.2, 0.25) is 23.6 Å². The number of alkyl halides is 4. The van der Waals surface area contributed by atoms with Crippen molar-refractivity contribution in [3.8, 4) is 11.1 Å². The van der Waals surface area contributed by atoms with Crippen molar-refractivity contribution < 1.29 is 60.3 Å². The minimum Gasteiger partial charge on any atom is -0.384 e. The van der Waals surface area contributed by atoms with Gasteiger partial charge in [0.25, 0.3) is 17.7 Å². The second-order valence-electron chi connectivity index (χ2n) is 17.0. The molecule has 4 heterocycles. The summed E-state index contributed by atoms with van der Waals surface area (Å²) in [6, 6.07) is 9.28. The Kier molecular flexibility index (Phi) is 12.9. The van der Waals surface area contributed by atoms with Crippen LogP contribution in [0.4, 0.5) is 32.4 Å². The quantitative estimate of drug-likeness (QED) is 0.0530. The summed E-state index contributed by atoms with van der Waals surface area (Å²) in [4.78, 5) is 106. The molecule has 4 N–H and O–H groups in total. The lowest BCUT2D eigenvalue weighted by Crippen LogP contribution is -2.54. The summed E-state index contributed by atoms with van der Waals surface area (Å²) in [5, 5.41) is 14.9. The van der Waals surface area contributed by atoms with Crippen molar-refractivity contribution >= 4 is 53.1 Å². The number of nitrogens with zero attached hydrogens (tertiary/aromatic N) is 5. The number of imide groups is 3. The van der Waals surface area contributed by atoms with Gasteiger partial charge in [-0.25, -0.2) is 13.6 Å². The Morgan fingerprint density at radius 1 is 0.941 bits per heavy atom.